The first-order chi connectivity index (χ1) is 8.20. The van der Waals surface area contributed by atoms with Crippen LogP contribution in [0, 0.1) is 5.92 Å². The van der Waals surface area contributed by atoms with Gasteiger partial charge in [-0.25, -0.2) is 0 Å². The summed E-state index contributed by atoms with van der Waals surface area (Å²) >= 11 is 2.07. The number of nitrogens with one attached hydrogen (secondary N) is 1. The lowest BCUT2D eigenvalue weighted by Crippen LogP contribution is -2.32. The van der Waals surface area contributed by atoms with Crippen molar-refractivity contribution in [2.75, 3.05) is 7.05 Å². The molecule has 0 bridgehead atoms. The fourth-order valence-corrected chi connectivity index (χ4v) is 4.55. The van der Waals surface area contributed by atoms with Crippen molar-refractivity contribution in [2.45, 2.75) is 49.3 Å². The van der Waals surface area contributed by atoms with E-state index in [1.165, 1.54) is 24.2 Å². The lowest BCUT2D eigenvalue weighted by Gasteiger charge is -2.36. The highest BCUT2D eigenvalue weighted by molar-refractivity contribution is 8.00. The SMILES string of the molecule is CNC1c2cc3c(cc2SC(C)C1C)CCC3. The smallest absolute Gasteiger partial charge is 0.0365 e. The molecule has 1 aliphatic heterocycles. The van der Waals surface area contributed by atoms with Gasteiger partial charge in [0.25, 0.3) is 0 Å². The quantitative estimate of drug-likeness (QED) is 0.814. The highest BCUT2D eigenvalue weighted by atomic mass is 32.2. The van der Waals surface area contributed by atoms with Crippen LogP contribution < -0.4 is 5.32 Å². The van der Waals surface area contributed by atoms with E-state index in [0.29, 0.717) is 17.2 Å². The lowest BCUT2D eigenvalue weighted by atomic mass is 9.90. The molecule has 3 rings (SSSR count). The molecule has 1 aromatic carbocycles. The van der Waals surface area contributed by atoms with Crippen molar-refractivity contribution >= 4 is 11.8 Å². The summed E-state index contributed by atoms with van der Waals surface area (Å²) in [4.78, 5) is 1.52. The molecule has 3 atom stereocenters. The number of thioether (sulfide) groups is 1. The van der Waals surface area contributed by atoms with Crippen LogP contribution in [0.5, 0.6) is 0 Å². The van der Waals surface area contributed by atoms with Gasteiger partial charge in [-0.2, -0.15) is 0 Å². The Morgan fingerprint density at radius 3 is 2.59 bits per heavy atom. The van der Waals surface area contributed by atoms with Gasteiger partial charge in [0, 0.05) is 16.2 Å². The van der Waals surface area contributed by atoms with Gasteiger partial charge in [-0.05, 0) is 55.0 Å². The van der Waals surface area contributed by atoms with E-state index in [-0.39, 0.29) is 0 Å². The maximum Gasteiger partial charge on any atom is 0.0365 e. The predicted octanol–water partition coefficient (Wildman–Crippen LogP) is 3.57. The maximum absolute atomic E-state index is 3.52. The molecule has 1 nitrogen and oxygen atoms in total. The van der Waals surface area contributed by atoms with Crippen molar-refractivity contribution in [1.82, 2.24) is 5.32 Å². The van der Waals surface area contributed by atoms with Crippen LogP contribution in [-0.2, 0) is 12.8 Å². The number of hydrogen-bond donors (Lipinski definition) is 1. The van der Waals surface area contributed by atoms with E-state index in [1.807, 2.05) is 0 Å². The number of aryl methyl sites for hydroxylation is 2. The second-order valence-electron chi connectivity index (χ2n) is 5.46. The summed E-state index contributed by atoms with van der Waals surface area (Å²) < 4.78 is 0. The van der Waals surface area contributed by atoms with Crippen molar-refractivity contribution in [2.24, 2.45) is 5.92 Å². The van der Waals surface area contributed by atoms with Gasteiger partial charge in [0.15, 0.2) is 0 Å². The Bertz CT molecular complexity index is 441. The summed E-state index contributed by atoms with van der Waals surface area (Å²) in [5, 5.41) is 4.23. The van der Waals surface area contributed by atoms with Gasteiger partial charge in [-0.1, -0.05) is 19.9 Å². The number of hydrogen-bond acceptors (Lipinski definition) is 2. The zero-order chi connectivity index (χ0) is 12.0. The molecular weight excluding hydrogens is 226 g/mol. The van der Waals surface area contributed by atoms with Crippen molar-refractivity contribution < 1.29 is 0 Å². The third-order valence-corrected chi connectivity index (χ3v) is 5.86. The molecule has 2 aliphatic rings. The molecule has 0 radical (unpaired) electrons. The summed E-state index contributed by atoms with van der Waals surface area (Å²) in [5.74, 6) is 0.706. The van der Waals surface area contributed by atoms with E-state index in [9.17, 15) is 0 Å². The minimum atomic E-state index is 0.534. The zero-order valence-corrected chi connectivity index (χ0v) is 11.7. The largest absolute Gasteiger partial charge is 0.313 e. The summed E-state index contributed by atoms with van der Waals surface area (Å²) in [6.45, 7) is 4.73. The van der Waals surface area contributed by atoms with Crippen molar-refractivity contribution in [3.05, 3.63) is 28.8 Å². The molecule has 1 aromatic rings. The van der Waals surface area contributed by atoms with Crippen molar-refractivity contribution in [3.63, 3.8) is 0 Å². The first kappa shape index (κ1) is 11.6. The second-order valence-corrected chi connectivity index (χ2v) is 6.88. The first-order valence-corrected chi connectivity index (χ1v) is 7.58. The Hall–Kier alpha value is -0.470. The van der Waals surface area contributed by atoms with Gasteiger partial charge in [-0.3, -0.25) is 0 Å². The van der Waals surface area contributed by atoms with Crippen LogP contribution >= 0.6 is 11.8 Å². The van der Waals surface area contributed by atoms with E-state index >= 15 is 0 Å². The minimum Gasteiger partial charge on any atom is -0.313 e. The number of fused-ring (bicyclic) bond motifs is 2. The Balaban J connectivity index is 2.09. The number of rotatable bonds is 1. The van der Waals surface area contributed by atoms with Crippen molar-refractivity contribution in [1.29, 1.82) is 0 Å². The molecule has 17 heavy (non-hydrogen) atoms. The maximum atomic E-state index is 3.52. The molecule has 1 aliphatic carbocycles. The molecule has 1 N–H and O–H groups in total. The zero-order valence-electron chi connectivity index (χ0n) is 10.9. The van der Waals surface area contributed by atoms with Crippen LogP contribution in [0.15, 0.2) is 17.0 Å². The van der Waals surface area contributed by atoms with Crippen LogP contribution in [0.4, 0.5) is 0 Å². The van der Waals surface area contributed by atoms with E-state index in [2.05, 4.69) is 50.1 Å². The van der Waals surface area contributed by atoms with Crippen LogP contribution in [-0.4, -0.2) is 12.3 Å². The highest BCUT2D eigenvalue weighted by Gasteiger charge is 2.32. The summed E-state index contributed by atoms with van der Waals surface area (Å²) in [6, 6.07) is 5.48. The average molecular weight is 247 g/mol. The van der Waals surface area contributed by atoms with E-state index < -0.39 is 0 Å². The van der Waals surface area contributed by atoms with Crippen LogP contribution in [0.2, 0.25) is 0 Å². The van der Waals surface area contributed by atoms with Gasteiger partial charge >= 0.3 is 0 Å². The molecule has 92 valence electrons. The number of benzene rings is 1. The van der Waals surface area contributed by atoms with Crippen LogP contribution in [0.3, 0.4) is 0 Å². The molecule has 0 fully saturated rings. The average Bonchev–Trinajstić information content (AvgIpc) is 2.75. The van der Waals surface area contributed by atoms with E-state index in [0.717, 1.165) is 0 Å². The second kappa shape index (κ2) is 4.33. The van der Waals surface area contributed by atoms with Gasteiger partial charge in [-0.15, -0.1) is 11.8 Å². The molecule has 0 saturated heterocycles. The minimum absolute atomic E-state index is 0.534. The molecule has 0 aromatic heterocycles. The van der Waals surface area contributed by atoms with Crippen molar-refractivity contribution in [3.8, 4) is 0 Å². The summed E-state index contributed by atoms with van der Waals surface area (Å²) in [6.07, 6.45) is 3.92. The molecule has 0 spiro atoms. The lowest BCUT2D eigenvalue weighted by molar-refractivity contribution is 0.396. The standard InChI is InChI=1S/C15H21NS/c1-9-10(2)17-14-8-12-6-4-5-11(12)7-13(14)15(9)16-3/h7-10,15-16H,4-6H2,1-3H3. The molecule has 0 amide bonds. The molecule has 0 saturated carbocycles. The van der Waals surface area contributed by atoms with Gasteiger partial charge < -0.3 is 5.32 Å². The fourth-order valence-electron chi connectivity index (χ4n) is 3.25. The third kappa shape index (κ3) is 1.82. The molecule has 2 heteroatoms. The van der Waals surface area contributed by atoms with E-state index in [1.54, 1.807) is 16.7 Å². The first-order valence-electron chi connectivity index (χ1n) is 6.70. The Morgan fingerprint density at radius 2 is 1.88 bits per heavy atom. The highest BCUT2D eigenvalue weighted by Crippen LogP contribution is 2.45. The van der Waals surface area contributed by atoms with Gasteiger partial charge in [0.05, 0.1) is 0 Å². The Labute approximate surface area is 108 Å². The van der Waals surface area contributed by atoms with E-state index in [4.69, 9.17) is 0 Å². The normalized spacial score (nSPS) is 31.1. The Morgan fingerprint density at radius 1 is 1.18 bits per heavy atom. The summed E-state index contributed by atoms with van der Waals surface area (Å²) in [7, 11) is 2.10. The molecule has 3 unspecified atom stereocenters. The topological polar surface area (TPSA) is 12.0 Å². The molecule has 1 heterocycles. The van der Waals surface area contributed by atoms with Crippen LogP contribution in [0.1, 0.15) is 43.0 Å². The summed E-state index contributed by atoms with van der Waals surface area (Å²) in [5.41, 5.74) is 4.75. The predicted molar refractivity (Wildman–Crippen MR) is 74.8 cm³/mol. The third-order valence-electron chi connectivity index (χ3n) is 4.45. The van der Waals surface area contributed by atoms with Gasteiger partial charge in [0.2, 0.25) is 0 Å². The monoisotopic (exact) mass is 247 g/mol. The van der Waals surface area contributed by atoms with Crippen LogP contribution in [0.25, 0.3) is 0 Å². The fraction of sp³-hybridized carbons (Fsp3) is 0.600. The Kier molecular flexibility index (Phi) is 2.95. The molecular formula is C15H21NS. The van der Waals surface area contributed by atoms with Gasteiger partial charge in [0.1, 0.15) is 0 Å².